The number of benzene rings is 3. The van der Waals surface area contributed by atoms with E-state index < -0.39 is 11.1 Å². The van der Waals surface area contributed by atoms with E-state index in [-0.39, 0.29) is 5.56 Å². The van der Waals surface area contributed by atoms with Crippen LogP contribution >= 0.6 is 0 Å². The number of rotatable bonds is 11. The van der Waals surface area contributed by atoms with Crippen molar-refractivity contribution in [2.45, 2.75) is 38.0 Å². The van der Waals surface area contributed by atoms with Crippen LogP contribution in [-0.2, 0) is 26.5 Å². The van der Waals surface area contributed by atoms with Crippen LogP contribution in [0.2, 0.25) is 0 Å². The fourth-order valence-electron chi connectivity index (χ4n) is 4.71. The highest BCUT2D eigenvalue weighted by Crippen LogP contribution is 2.32. The number of para-hydroxylation sites is 1. The number of aromatic nitrogens is 2. The molecule has 1 fully saturated rings. The summed E-state index contributed by atoms with van der Waals surface area (Å²) in [5, 5.41) is 2.16. The Morgan fingerprint density at radius 2 is 1.90 bits per heavy atom. The topological polar surface area (TPSA) is 93.8 Å². The molecule has 1 aliphatic heterocycles. The number of aromatic amines is 1. The standard InChI is InChI=1S/C32H35N3O5S/c1-3-19-39-29-16-15-25(41(37)40-35-17-20-38-21-18-35)22-28(29)31-33-30-26(13-8-14-27(30)32(36)34-31)23(2)9-7-12-24-10-5-4-6-11-24/h4-6,8-11,13-16,22H,3,7,12,17-21H2,1-2H3,(H,33,34,36). The molecule has 1 atom stereocenters. The van der Waals surface area contributed by atoms with Crippen LogP contribution < -0.4 is 10.3 Å². The number of ether oxygens (including phenoxy) is 2. The summed E-state index contributed by atoms with van der Waals surface area (Å²) in [5.74, 6) is 0.900. The van der Waals surface area contributed by atoms with Crippen LogP contribution in [0, 0.1) is 0 Å². The van der Waals surface area contributed by atoms with Gasteiger partial charge >= 0.3 is 0 Å². The minimum atomic E-state index is -1.76. The Morgan fingerprint density at radius 1 is 1.10 bits per heavy atom. The number of nitrogens with zero attached hydrogens (tertiary/aromatic N) is 2. The molecule has 1 aliphatic rings. The van der Waals surface area contributed by atoms with Gasteiger partial charge in [-0.1, -0.05) is 55.5 Å². The Labute approximate surface area is 242 Å². The number of hydrogen-bond acceptors (Lipinski definition) is 7. The van der Waals surface area contributed by atoms with Crippen molar-refractivity contribution in [1.29, 1.82) is 0 Å². The molecule has 0 amide bonds. The number of allylic oxidation sites excluding steroid dienone is 2. The van der Waals surface area contributed by atoms with E-state index in [0.717, 1.165) is 30.4 Å². The lowest BCUT2D eigenvalue weighted by molar-refractivity contribution is -0.109. The predicted octanol–water partition coefficient (Wildman–Crippen LogP) is 5.70. The molecule has 9 heteroatoms. The zero-order valence-electron chi connectivity index (χ0n) is 23.4. The average molecular weight is 574 g/mol. The summed E-state index contributed by atoms with van der Waals surface area (Å²) in [6.07, 6.45) is 4.80. The van der Waals surface area contributed by atoms with Gasteiger partial charge in [0.2, 0.25) is 11.1 Å². The van der Waals surface area contributed by atoms with E-state index >= 15 is 0 Å². The van der Waals surface area contributed by atoms with Gasteiger partial charge in [0.05, 0.1) is 41.2 Å². The Bertz CT molecular complexity index is 1600. The number of hydrogen-bond donors (Lipinski definition) is 1. The van der Waals surface area contributed by atoms with Gasteiger partial charge in [-0.05, 0) is 61.6 Å². The molecule has 0 saturated carbocycles. The summed E-state index contributed by atoms with van der Waals surface area (Å²) in [6.45, 7) is 6.69. The lowest BCUT2D eigenvalue weighted by atomic mass is 10.0. The van der Waals surface area contributed by atoms with E-state index in [9.17, 15) is 9.00 Å². The van der Waals surface area contributed by atoms with Gasteiger partial charge in [-0.25, -0.2) is 9.19 Å². The third kappa shape index (κ3) is 7.18. The van der Waals surface area contributed by atoms with Crippen LogP contribution in [0.3, 0.4) is 0 Å². The second-order valence-electron chi connectivity index (χ2n) is 9.88. The van der Waals surface area contributed by atoms with Crippen molar-refractivity contribution in [3.05, 3.63) is 94.3 Å². The molecule has 214 valence electrons. The lowest BCUT2D eigenvalue weighted by Crippen LogP contribution is -2.36. The molecule has 3 aromatic carbocycles. The van der Waals surface area contributed by atoms with E-state index in [1.165, 1.54) is 5.56 Å². The van der Waals surface area contributed by atoms with Gasteiger partial charge in [-0.3, -0.25) is 4.79 Å². The van der Waals surface area contributed by atoms with Crippen LogP contribution in [0.25, 0.3) is 27.9 Å². The SMILES string of the molecule is CCCOc1ccc(S(=O)ON2CCOCC2)cc1-c1nc2c(C(C)=CCCc3ccccc3)cccc2c(=O)[nH]1. The van der Waals surface area contributed by atoms with Gasteiger partial charge in [0, 0.05) is 18.7 Å². The highest BCUT2D eigenvalue weighted by molar-refractivity contribution is 7.80. The molecule has 8 nitrogen and oxygen atoms in total. The summed E-state index contributed by atoms with van der Waals surface area (Å²) in [4.78, 5) is 21.6. The highest BCUT2D eigenvalue weighted by atomic mass is 32.2. The van der Waals surface area contributed by atoms with Crippen molar-refractivity contribution in [3.8, 4) is 17.1 Å². The fourth-order valence-corrected chi connectivity index (χ4v) is 5.53. The molecule has 41 heavy (non-hydrogen) atoms. The largest absolute Gasteiger partial charge is 0.493 e. The summed E-state index contributed by atoms with van der Waals surface area (Å²) in [7, 11) is 0. The van der Waals surface area contributed by atoms with E-state index in [1.54, 1.807) is 29.3 Å². The number of morpholine rings is 1. The lowest BCUT2D eigenvalue weighted by Gasteiger charge is -2.24. The first-order chi connectivity index (χ1) is 20.0. The highest BCUT2D eigenvalue weighted by Gasteiger charge is 2.20. The number of aryl methyl sites for hydroxylation is 1. The first kappa shape index (κ1) is 28.9. The molecule has 0 bridgehead atoms. The summed E-state index contributed by atoms with van der Waals surface area (Å²) < 4.78 is 30.2. The molecule has 2 heterocycles. The summed E-state index contributed by atoms with van der Waals surface area (Å²) >= 11 is -1.76. The van der Waals surface area contributed by atoms with Crippen molar-refractivity contribution < 1.29 is 18.0 Å². The molecular formula is C32H35N3O5S. The first-order valence-corrected chi connectivity index (χ1v) is 15.0. The molecule has 1 unspecified atom stereocenters. The van der Waals surface area contributed by atoms with Gasteiger partial charge < -0.3 is 14.5 Å². The van der Waals surface area contributed by atoms with Crippen LogP contribution in [0.15, 0.2) is 82.5 Å². The first-order valence-electron chi connectivity index (χ1n) is 14.0. The van der Waals surface area contributed by atoms with Gasteiger partial charge in [-0.2, -0.15) is 9.35 Å². The maximum Gasteiger partial charge on any atom is 0.259 e. The maximum absolute atomic E-state index is 13.3. The smallest absolute Gasteiger partial charge is 0.259 e. The van der Waals surface area contributed by atoms with E-state index in [1.807, 2.05) is 44.2 Å². The Balaban J connectivity index is 1.50. The molecular weight excluding hydrogens is 538 g/mol. The van der Waals surface area contributed by atoms with Crippen LogP contribution in [0.5, 0.6) is 5.75 Å². The number of H-pyrrole nitrogens is 1. The predicted molar refractivity (Wildman–Crippen MR) is 162 cm³/mol. The molecule has 1 saturated heterocycles. The van der Waals surface area contributed by atoms with Crippen molar-refractivity contribution in [1.82, 2.24) is 15.0 Å². The van der Waals surface area contributed by atoms with Gasteiger partial charge in [-0.15, -0.1) is 0 Å². The van der Waals surface area contributed by atoms with Crippen LogP contribution in [0.4, 0.5) is 0 Å². The Hall–Kier alpha value is -3.63. The van der Waals surface area contributed by atoms with Crippen molar-refractivity contribution in [2.75, 3.05) is 32.9 Å². The maximum atomic E-state index is 13.3. The third-order valence-electron chi connectivity index (χ3n) is 6.89. The number of nitrogens with one attached hydrogen (secondary N) is 1. The average Bonchev–Trinajstić information content (AvgIpc) is 3.00. The van der Waals surface area contributed by atoms with Gasteiger partial charge in [0.15, 0.2) is 0 Å². The molecule has 4 aromatic rings. The minimum Gasteiger partial charge on any atom is -0.493 e. The summed E-state index contributed by atoms with van der Waals surface area (Å²) in [6, 6.07) is 21.2. The van der Waals surface area contributed by atoms with E-state index in [4.69, 9.17) is 18.7 Å². The zero-order valence-corrected chi connectivity index (χ0v) is 24.2. The number of hydroxylamine groups is 2. The summed E-state index contributed by atoms with van der Waals surface area (Å²) in [5.41, 5.74) is 4.13. The Kier molecular flexibility index (Phi) is 9.74. The fraction of sp³-hybridized carbons (Fsp3) is 0.312. The van der Waals surface area contributed by atoms with Crippen LogP contribution in [-0.4, -0.2) is 52.2 Å². The normalized spacial score (nSPS) is 15.2. The molecule has 0 spiro atoms. The minimum absolute atomic E-state index is 0.249. The second kappa shape index (κ2) is 13.8. The third-order valence-corrected chi connectivity index (χ3v) is 7.88. The van der Waals surface area contributed by atoms with E-state index in [0.29, 0.717) is 65.8 Å². The van der Waals surface area contributed by atoms with Crippen molar-refractivity contribution in [3.63, 3.8) is 0 Å². The molecule has 1 aromatic heterocycles. The van der Waals surface area contributed by atoms with Gasteiger partial charge in [0.1, 0.15) is 11.6 Å². The Morgan fingerprint density at radius 3 is 2.68 bits per heavy atom. The zero-order chi connectivity index (χ0) is 28.6. The second-order valence-corrected chi connectivity index (χ2v) is 11.0. The molecule has 0 radical (unpaired) electrons. The molecule has 0 aliphatic carbocycles. The number of fused-ring (bicyclic) bond motifs is 1. The molecule has 1 N–H and O–H groups in total. The van der Waals surface area contributed by atoms with E-state index in [2.05, 4.69) is 23.2 Å². The monoisotopic (exact) mass is 573 g/mol. The quantitative estimate of drug-likeness (QED) is 0.246. The molecule has 5 rings (SSSR count). The van der Waals surface area contributed by atoms with Crippen molar-refractivity contribution >= 4 is 27.6 Å². The van der Waals surface area contributed by atoms with Crippen LogP contribution in [0.1, 0.15) is 37.8 Å². The van der Waals surface area contributed by atoms with Crippen molar-refractivity contribution in [2.24, 2.45) is 0 Å². The van der Waals surface area contributed by atoms with Gasteiger partial charge in [0.25, 0.3) is 5.56 Å².